The van der Waals surface area contributed by atoms with Crippen LogP contribution < -0.4 is 0 Å². The molecular weight excluding hydrogens is 1110 g/mol. The maximum absolute atomic E-state index is 12.9. The molecule has 16 N–H and O–H groups in total. The molecule has 0 amide bonds. The Hall–Kier alpha value is -1.30. The van der Waals surface area contributed by atoms with E-state index in [1.165, 1.54) is 0 Å². The third kappa shape index (κ3) is 12.0. The van der Waals surface area contributed by atoms with Crippen molar-refractivity contribution in [2.45, 2.75) is 272 Å². The predicted octanol–water partition coefficient (Wildman–Crippen LogP) is -3.10. The van der Waals surface area contributed by atoms with Crippen LogP contribution in [0.1, 0.15) is 113 Å². The molecule has 5 saturated heterocycles. The zero-order chi connectivity index (χ0) is 61.5. The first kappa shape index (κ1) is 67.1. The standard InChI is InChI=1S/C58H98O26/c1-24(2)10-9-14-58(8,84-51-46(74)41(69)40(68)31(80-51)23-77-49-44(72)36(64)27(62)21-75-49)25-11-16-57(7)35(25)26(61)18-33-55(5)15-13-34(54(3,4)32(55)12-17-56(33,57)6)81-52-47(42(70)38(66)29(19-59)78-52)83-53-48(43(71)39(67)30(20-60)79-53)82-50-45(73)37(65)28(63)22-76-50/h10,25-53,59-74H,9,11-23H2,1-8H3/t25-,26+,27+,28+,29+,30+,31+,32-,33+,34-,35-,36-,37-,38+,39+,40+,41-,42-,43-,44+,45+,46+,47+,48+,49-,50-,51-,52-,53-,55-,56+,57+,58-/m1/s1. The number of hydrogen-bond acceptors (Lipinski definition) is 26. The lowest BCUT2D eigenvalue weighted by Crippen LogP contribution is -2.68. The molecule has 0 radical (unpaired) electrons. The molecular formula is C58H98O26. The van der Waals surface area contributed by atoms with E-state index in [0.29, 0.717) is 38.5 Å². The smallest absolute Gasteiger partial charge is 0.187 e. The summed E-state index contributed by atoms with van der Waals surface area (Å²) in [5, 5.41) is 175. The maximum atomic E-state index is 12.9. The van der Waals surface area contributed by atoms with Gasteiger partial charge in [0.25, 0.3) is 0 Å². The molecule has 84 heavy (non-hydrogen) atoms. The molecule has 486 valence electrons. The number of ether oxygens (including phenoxy) is 10. The van der Waals surface area contributed by atoms with E-state index >= 15 is 0 Å². The zero-order valence-corrected chi connectivity index (χ0v) is 49.5. The first-order valence-corrected chi connectivity index (χ1v) is 30.2. The van der Waals surface area contributed by atoms with Gasteiger partial charge >= 0.3 is 0 Å². The van der Waals surface area contributed by atoms with Crippen LogP contribution in [0.2, 0.25) is 0 Å². The Bertz CT molecular complexity index is 2210. The Morgan fingerprint density at radius 2 is 1.04 bits per heavy atom. The number of aliphatic hydroxyl groups is 16. The van der Waals surface area contributed by atoms with Gasteiger partial charge in [-0.15, -0.1) is 0 Å². The lowest BCUT2D eigenvalue weighted by molar-refractivity contribution is -0.395. The van der Waals surface area contributed by atoms with Crippen LogP contribution in [0, 0.1) is 45.3 Å². The van der Waals surface area contributed by atoms with Crippen molar-refractivity contribution >= 4 is 0 Å². The fraction of sp³-hybridized carbons (Fsp3) is 0.966. The molecule has 0 unspecified atom stereocenters. The average Bonchev–Trinajstić information content (AvgIpc) is 1.22. The van der Waals surface area contributed by atoms with Crippen molar-refractivity contribution in [2.75, 3.05) is 33.0 Å². The van der Waals surface area contributed by atoms with Crippen molar-refractivity contribution in [3.8, 4) is 0 Å². The Kier molecular flexibility index (Phi) is 20.6. The molecule has 26 heteroatoms. The average molecular weight is 1210 g/mol. The van der Waals surface area contributed by atoms with Crippen molar-refractivity contribution in [2.24, 2.45) is 45.3 Å². The van der Waals surface area contributed by atoms with Crippen LogP contribution in [0.25, 0.3) is 0 Å². The first-order valence-electron chi connectivity index (χ1n) is 30.2. The van der Waals surface area contributed by atoms with Crippen LogP contribution >= 0.6 is 0 Å². The Labute approximate surface area is 490 Å². The van der Waals surface area contributed by atoms with Gasteiger partial charge in [0.1, 0.15) is 110 Å². The summed E-state index contributed by atoms with van der Waals surface area (Å²) in [6, 6.07) is 0. The highest BCUT2D eigenvalue weighted by atomic mass is 16.8. The predicted molar refractivity (Wildman–Crippen MR) is 287 cm³/mol. The molecule has 5 aliphatic heterocycles. The fourth-order valence-electron chi connectivity index (χ4n) is 17.2. The molecule has 33 atom stereocenters. The van der Waals surface area contributed by atoms with Crippen LogP contribution in [-0.2, 0) is 47.4 Å². The van der Waals surface area contributed by atoms with Gasteiger partial charge in [-0.25, -0.2) is 0 Å². The maximum Gasteiger partial charge on any atom is 0.187 e. The van der Waals surface area contributed by atoms with E-state index in [1.807, 2.05) is 20.8 Å². The van der Waals surface area contributed by atoms with Crippen molar-refractivity contribution in [1.82, 2.24) is 0 Å². The monoisotopic (exact) mass is 1210 g/mol. The zero-order valence-electron chi connectivity index (χ0n) is 49.5. The molecule has 9 fully saturated rings. The second-order valence-corrected chi connectivity index (χ2v) is 27.7. The molecule has 0 bridgehead atoms. The van der Waals surface area contributed by atoms with Gasteiger partial charge in [0.05, 0.1) is 50.8 Å². The van der Waals surface area contributed by atoms with Crippen molar-refractivity contribution < 1.29 is 129 Å². The van der Waals surface area contributed by atoms with E-state index in [-0.39, 0.29) is 41.1 Å². The van der Waals surface area contributed by atoms with Crippen LogP contribution in [0.5, 0.6) is 0 Å². The number of aliphatic hydroxyl groups excluding tert-OH is 16. The van der Waals surface area contributed by atoms with E-state index in [0.717, 1.165) is 24.8 Å². The molecule has 5 heterocycles. The van der Waals surface area contributed by atoms with Gasteiger partial charge in [-0.2, -0.15) is 0 Å². The quantitative estimate of drug-likeness (QED) is 0.0507. The summed E-state index contributed by atoms with van der Waals surface area (Å²) in [7, 11) is 0. The van der Waals surface area contributed by atoms with Crippen molar-refractivity contribution in [3.63, 3.8) is 0 Å². The number of fused-ring (bicyclic) bond motifs is 5. The van der Waals surface area contributed by atoms with Gasteiger partial charge in [-0.3, -0.25) is 0 Å². The molecule has 0 aromatic heterocycles. The number of rotatable bonds is 17. The molecule has 9 rings (SSSR count). The molecule has 4 aliphatic carbocycles. The Morgan fingerprint density at radius 3 is 1.62 bits per heavy atom. The third-order valence-corrected chi connectivity index (χ3v) is 22.2. The molecule has 9 aliphatic rings. The topological polar surface area (TPSA) is 416 Å². The Morgan fingerprint density at radius 1 is 0.524 bits per heavy atom. The normalized spacial score (nSPS) is 53.0. The van der Waals surface area contributed by atoms with E-state index in [9.17, 15) is 81.7 Å². The molecule has 0 aromatic carbocycles. The summed E-state index contributed by atoms with van der Waals surface area (Å²) in [4.78, 5) is 0. The van der Waals surface area contributed by atoms with E-state index in [4.69, 9.17) is 47.4 Å². The van der Waals surface area contributed by atoms with Gasteiger partial charge in [0.15, 0.2) is 31.5 Å². The summed E-state index contributed by atoms with van der Waals surface area (Å²) in [5.74, 6) is -0.576. The van der Waals surface area contributed by atoms with E-state index < -0.39 is 196 Å². The van der Waals surface area contributed by atoms with Crippen LogP contribution in [0.4, 0.5) is 0 Å². The van der Waals surface area contributed by atoms with Crippen LogP contribution in [0.3, 0.4) is 0 Å². The van der Waals surface area contributed by atoms with E-state index in [2.05, 4.69) is 40.7 Å². The minimum absolute atomic E-state index is 0.00387. The third-order valence-electron chi connectivity index (χ3n) is 22.2. The SMILES string of the molecule is CC(C)=CCC[C@@](C)(O[C@H]1O[C@@H](CO[C@H]2OC[C@H](O)[C@@H](O)[C@@H]2O)[C@H](O)[C@@H](O)[C@@H]1O)[C@@H]1CC[C@@]2(C)[C@H]1[C@@H](O)C[C@H]1[C@]3(C)CC[C@@H](O[C@H]4O[C@@H](CO)[C@H](O)[C@@H](O)[C@@H]4O[C@H]4O[C@@H](CO)[C@H](O)[C@@H](O)[C@@H]4O[C@H]4OC[C@H](O)[C@@H](O)[C@@H]4O)C(C)(C)[C@H]3CC[C@@]12C. The molecule has 4 saturated carbocycles. The fourth-order valence-corrected chi connectivity index (χ4v) is 17.2. The van der Waals surface area contributed by atoms with Gasteiger partial charge < -0.3 is 129 Å². The molecule has 0 aromatic rings. The molecule has 0 spiro atoms. The highest BCUT2D eigenvalue weighted by molar-refractivity contribution is 5.21. The number of allylic oxidation sites excluding steroid dienone is 2. The summed E-state index contributed by atoms with van der Waals surface area (Å²) >= 11 is 0. The minimum atomic E-state index is -1.88. The number of hydrogen-bond donors (Lipinski definition) is 16. The first-order chi connectivity index (χ1) is 39.4. The second-order valence-electron chi connectivity index (χ2n) is 27.7. The van der Waals surface area contributed by atoms with Gasteiger partial charge in [0.2, 0.25) is 0 Å². The summed E-state index contributed by atoms with van der Waals surface area (Å²) in [6.45, 7) is 14.3. The van der Waals surface area contributed by atoms with E-state index in [1.54, 1.807) is 0 Å². The summed E-state index contributed by atoms with van der Waals surface area (Å²) in [6.07, 6.45) is -30.9. The van der Waals surface area contributed by atoms with Crippen LogP contribution in [-0.4, -0.2) is 274 Å². The van der Waals surface area contributed by atoms with Gasteiger partial charge in [0, 0.05) is 0 Å². The summed E-state index contributed by atoms with van der Waals surface area (Å²) in [5.41, 5.74) is -1.75. The highest BCUT2D eigenvalue weighted by Crippen LogP contribution is 2.76. The van der Waals surface area contributed by atoms with Gasteiger partial charge in [-0.05, 0) is 124 Å². The minimum Gasteiger partial charge on any atom is -0.394 e. The molecule has 26 nitrogen and oxygen atoms in total. The second kappa shape index (κ2) is 25.8. The summed E-state index contributed by atoms with van der Waals surface area (Å²) < 4.78 is 60.9. The lowest BCUT2D eigenvalue weighted by Gasteiger charge is -2.71. The highest BCUT2D eigenvalue weighted by Gasteiger charge is 2.72. The van der Waals surface area contributed by atoms with Crippen molar-refractivity contribution in [1.29, 1.82) is 0 Å². The van der Waals surface area contributed by atoms with Gasteiger partial charge in [-0.1, -0.05) is 46.3 Å². The Balaban J connectivity index is 0.934. The van der Waals surface area contributed by atoms with Crippen molar-refractivity contribution in [3.05, 3.63) is 11.6 Å². The largest absolute Gasteiger partial charge is 0.394 e. The lowest BCUT2D eigenvalue weighted by atomic mass is 9.35. The van der Waals surface area contributed by atoms with Crippen LogP contribution in [0.15, 0.2) is 11.6 Å².